The number of carbonyl (C=O) groups excluding carboxylic acids is 2. The van der Waals surface area contributed by atoms with E-state index in [1.807, 2.05) is 0 Å². The van der Waals surface area contributed by atoms with Gasteiger partial charge in [-0.3, -0.25) is 9.59 Å². The molecule has 3 heterocycles. The molecule has 2 amide bonds. The fourth-order valence-corrected chi connectivity index (χ4v) is 4.04. The molecule has 11 heteroatoms. The number of amides is 2. The molecular weight excluding hydrogens is 464 g/mol. The highest BCUT2D eigenvalue weighted by Crippen LogP contribution is 2.23. The van der Waals surface area contributed by atoms with Crippen LogP contribution >= 0.6 is 11.6 Å². The molecule has 0 saturated carbocycles. The molecule has 3 aromatic rings. The molecule has 1 fully saturated rings. The van der Waals surface area contributed by atoms with Crippen LogP contribution in [0.25, 0.3) is 10.9 Å². The van der Waals surface area contributed by atoms with E-state index in [-0.39, 0.29) is 34.5 Å². The van der Waals surface area contributed by atoms with E-state index in [2.05, 4.69) is 10.1 Å². The van der Waals surface area contributed by atoms with Crippen molar-refractivity contribution < 1.29 is 24.2 Å². The van der Waals surface area contributed by atoms with Crippen LogP contribution in [0.4, 0.5) is 4.79 Å². The van der Waals surface area contributed by atoms with Gasteiger partial charge < -0.3 is 24.5 Å². The zero-order valence-electron chi connectivity index (χ0n) is 17.8. The normalized spacial score (nSPS) is 15.6. The molecule has 5 rings (SSSR count). The zero-order chi connectivity index (χ0) is 23.8. The number of aliphatic hydroxyl groups is 1. The Kier molecular flexibility index (Phi) is 5.68. The summed E-state index contributed by atoms with van der Waals surface area (Å²) in [6.45, 7) is 1.58. The van der Waals surface area contributed by atoms with Gasteiger partial charge in [0.25, 0.3) is 11.8 Å². The summed E-state index contributed by atoms with van der Waals surface area (Å²) in [5.74, 6) is -0.880. The highest BCUT2D eigenvalue weighted by molar-refractivity contribution is 6.31. The van der Waals surface area contributed by atoms with E-state index in [4.69, 9.17) is 21.1 Å². The van der Waals surface area contributed by atoms with E-state index in [0.717, 1.165) is 5.01 Å². The number of nitrogens with zero attached hydrogens (tertiary/aromatic N) is 3. The SMILES string of the molecule is O=C(Oc1cccc(C(=O)N2Cc3c([nH]c4cc(Cl)ccc4c3=O)C(O)=N2)c1)N1CCOCC1. The minimum atomic E-state index is -0.572. The monoisotopic (exact) mass is 482 g/mol. The van der Waals surface area contributed by atoms with Crippen molar-refractivity contribution in [2.24, 2.45) is 5.10 Å². The van der Waals surface area contributed by atoms with Crippen LogP contribution in [0.1, 0.15) is 21.6 Å². The molecule has 2 N–H and O–H groups in total. The van der Waals surface area contributed by atoms with Gasteiger partial charge >= 0.3 is 6.09 Å². The second kappa shape index (κ2) is 8.81. The number of aliphatic hydroxyl groups excluding tert-OH is 1. The maximum absolute atomic E-state index is 13.1. The van der Waals surface area contributed by atoms with Gasteiger partial charge in [0, 0.05) is 29.1 Å². The fraction of sp³-hybridized carbons (Fsp3) is 0.217. The first-order valence-electron chi connectivity index (χ1n) is 10.5. The van der Waals surface area contributed by atoms with Crippen molar-refractivity contribution in [3.8, 4) is 5.75 Å². The third-order valence-electron chi connectivity index (χ3n) is 5.60. The van der Waals surface area contributed by atoms with Crippen molar-refractivity contribution >= 4 is 40.4 Å². The van der Waals surface area contributed by atoms with E-state index < -0.39 is 17.9 Å². The van der Waals surface area contributed by atoms with E-state index in [9.17, 15) is 19.5 Å². The van der Waals surface area contributed by atoms with Crippen molar-refractivity contribution in [1.29, 1.82) is 0 Å². The lowest BCUT2D eigenvalue weighted by atomic mass is 10.1. The van der Waals surface area contributed by atoms with E-state index in [1.165, 1.54) is 17.0 Å². The molecule has 1 aromatic heterocycles. The van der Waals surface area contributed by atoms with Gasteiger partial charge in [0.2, 0.25) is 0 Å². The Morgan fingerprint density at radius 1 is 1.15 bits per heavy atom. The number of hydrazone groups is 1. The van der Waals surface area contributed by atoms with Gasteiger partial charge in [-0.05, 0) is 36.4 Å². The number of aromatic amines is 1. The maximum Gasteiger partial charge on any atom is 0.415 e. The Labute approximate surface area is 197 Å². The lowest BCUT2D eigenvalue weighted by Crippen LogP contribution is -2.42. The Morgan fingerprint density at radius 3 is 2.74 bits per heavy atom. The number of morpholine rings is 1. The summed E-state index contributed by atoms with van der Waals surface area (Å²) in [6.07, 6.45) is -0.533. The van der Waals surface area contributed by atoms with Gasteiger partial charge in [0.15, 0.2) is 5.43 Å². The molecule has 34 heavy (non-hydrogen) atoms. The largest absolute Gasteiger partial charge is 0.491 e. The Morgan fingerprint density at radius 2 is 1.94 bits per heavy atom. The highest BCUT2D eigenvalue weighted by Gasteiger charge is 2.28. The fourth-order valence-electron chi connectivity index (χ4n) is 3.87. The average molecular weight is 483 g/mol. The maximum atomic E-state index is 13.1. The summed E-state index contributed by atoms with van der Waals surface area (Å²) < 4.78 is 10.6. The van der Waals surface area contributed by atoms with Crippen molar-refractivity contribution in [3.63, 3.8) is 0 Å². The predicted octanol–water partition coefficient (Wildman–Crippen LogP) is 2.89. The number of aromatic nitrogens is 1. The number of ether oxygens (including phenoxy) is 2. The van der Waals surface area contributed by atoms with Crippen molar-refractivity contribution in [2.45, 2.75) is 6.54 Å². The molecule has 0 spiro atoms. The third-order valence-corrected chi connectivity index (χ3v) is 5.83. The first-order valence-corrected chi connectivity index (χ1v) is 10.9. The molecule has 0 unspecified atom stereocenters. The van der Waals surface area contributed by atoms with Crippen LogP contribution in [-0.4, -0.2) is 64.2 Å². The second-order valence-corrected chi connectivity index (χ2v) is 8.22. The number of fused-ring (bicyclic) bond motifs is 2. The zero-order valence-corrected chi connectivity index (χ0v) is 18.5. The number of hydrogen-bond acceptors (Lipinski definition) is 6. The van der Waals surface area contributed by atoms with E-state index in [1.54, 1.807) is 30.3 Å². The van der Waals surface area contributed by atoms with Gasteiger partial charge in [0.05, 0.1) is 30.8 Å². The molecule has 2 aromatic carbocycles. The molecule has 0 bridgehead atoms. The first kappa shape index (κ1) is 21.9. The Balaban J connectivity index is 1.40. The van der Waals surface area contributed by atoms with Crippen molar-refractivity contribution in [1.82, 2.24) is 14.9 Å². The predicted molar refractivity (Wildman–Crippen MR) is 123 cm³/mol. The molecule has 10 nitrogen and oxygen atoms in total. The topological polar surface area (TPSA) is 125 Å². The summed E-state index contributed by atoms with van der Waals surface area (Å²) in [5.41, 5.74) is 0.624. The van der Waals surface area contributed by atoms with Gasteiger partial charge in [-0.1, -0.05) is 17.7 Å². The number of benzene rings is 2. The number of pyridine rings is 1. The van der Waals surface area contributed by atoms with Crippen LogP contribution in [0.3, 0.4) is 0 Å². The van der Waals surface area contributed by atoms with Crippen LogP contribution < -0.4 is 10.2 Å². The van der Waals surface area contributed by atoms with Crippen molar-refractivity contribution in [2.75, 3.05) is 26.3 Å². The number of carbonyl (C=O) groups is 2. The number of halogens is 1. The van der Waals surface area contributed by atoms with Gasteiger partial charge in [-0.15, -0.1) is 5.10 Å². The molecule has 0 aliphatic carbocycles. The van der Waals surface area contributed by atoms with Gasteiger partial charge in [-0.2, -0.15) is 0 Å². The third kappa shape index (κ3) is 4.09. The molecular formula is C23H19ClN4O6. The Hall–Kier alpha value is -3.89. The second-order valence-electron chi connectivity index (χ2n) is 7.78. The summed E-state index contributed by atoms with van der Waals surface area (Å²) in [7, 11) is 0. The summed E-state index contributed by atoms with van der Waals surface area (Å²) in [4.78, 5) is 43.0. The minimum Gasteiger partial charge on any atom is -0.491 e. The highest BCUT2D eigenvalue weighted by atomic mass is 35.5. The average Bonchev–Trinajstić information content (AvgIpc) is 2.85. The van der Waals surface area contributed by atoms with Gasteiger partial charge in [-0.25, -0.2) is 9.80 Å². The van der Waals surface area contributed by atoms with Gasteiger partial charge in [0.1, 0.15) is 11.4 Å². The van der Waals surface area contributed by atoms with E-state index >= 15 is 0 Å². The standard InChI is InChI=1S/C23H19ClN4O6/c24-14-4-5-16-18(11-14)25-19-17(20(16)29)12-28(26-21(19)30)22(31)13-2-1-3-15(10-13)34-23(32)27-6-8-33-9-7-27/h1-5,10-11H,6-9,12H2,(H,25,29)(H,26,30). The minimum absolute atomic E-state index is 0.136. The molecule has 1 saturated heterocycles. The van der Waals surface area contributed by atoms with Crippen LogP contribution in [0.15, 0.2) is 52.4 Å². The molecule has 0 atom stereocenters. The molecule has 2 aliphatic heterocycles. The smallest absolute Gasteiger partial charge is 0.415 e. The number of hydrogen-bond donors (Lipinski definition) is 2. The molecule has 2 aliphatic rings. The number of nitrogens with one attached hydrogen (secondary N) is 1. The van der Waals surface area contributed by atoms with Crippen LogP contribution in [0.2, 0.25) is 5.02 Å². The lowest BCUT2D eigenvalue weighted by Gasteiger charge is -2.26. The van der Waals surface area contributed by atoms with E-state index in [0.29, 0.717) is 42.2 Å². The number of H-pyrrole nitrogens is 1. The number of rotatable bonds is 2. The molecule has 0 radical (unpaired) electrons. The van der Waals surface area contributed by atoms with Crippen LogP contribution in [-0.2, 0) is 11.3 Å². The van der Waals surface area contributed by atoms with Crippen molar-refractivity contribution in [3.05, 3.63) is 74.5 Å². The lowest BCUT2D eigenvalue weighted by molar-refractivity contribution is 0.0415. The summed E-state index contributed by atoms with van der Waals surface area (Å²) in [6, 6.07) is 10.8. The summed E-state index contributed by atoms with van der Waals surface area (Å²) in [5, 5.41) is 16.2. The molecule has 174 valence electrons. The first-order chi connectivity index (χ1) is 16.4. The quantitative estimate of drug-likeness (QED) is 0.578. The summed E-state index contributed by atoms with van der Waals surface area (Å²) >= 11 is 6.00. The Bertz CT molecular complexity index is 1400. The van der Waals surface area contributed by atoms with Crippen LogP contribution in [0.5, 0.6) is 5.75 Å². The van der Waals surface area contributed by atoms with Crippen LogP contribution in [0, 0.1) is 0 Å².